The van der Waals surface area contributed by atoms with Crippen molar-refractivity contribution in [3.63, 3.8) is 0 Å². The third-order valence-electron chi connectivity index (χ3n) is 3.80. The average molecular weight is 353 g/mol. The van der Waals surface area contributed by atoms with Crippen LogP contribution in [0, 0.1) is 5.41 Å². The van der Waals surface area contributed by atoms with Crippen molar-refractivity contribution in [3.8, 4) is 0 Å². The number of ketones is 1. The largest absolute Gasteiger partial charge is 0.480 e. The Kier molecular flexibility index (Phi) is 7.69. The number of aliphatic carboxylic acids is 1. The maximum absolute atomic E-state index is 12.5. The summed E-state index contributed by atoms with van der Waals surface area (Å²) in [5.74, 6) is -2.91. The first-order valence-electron chi connectivity index (χ1n) is 7.71. The third-order valence-corrected chi connectivity index (χ3v) is 3.80. The number of Topliss-reactive ketones (excluding diaryl/α,β-unsaturated/α-hetero) is 1. The summed E-state index contributed by atoms with van der Waals surface area (Å²) in [5.41, 5.74) is 4.68. The minimum Gasteiger partial charge on any atom is -0.480 e. The molecule has 1 aromatic rings. The number of carbonyl (C=O) groups excluding carboxylic acids is 2. The summed E-state index contributed by atoms with van der Waals surface area (Å²) < 4.78 is 5.20. The van der Waals surface area contributed by atoms with Gasteiger partial charge in [0.15, 0.2) is 5.78 Å². The number of ether oxygens (including phenoxy) is 1. The number of rotatable bonds is 10. The Morgan fingerprint density at radius 1 is 1.24 bits per heavy atom. The fourth-order valence-corrected chi connectivity index (χ4v) is 2.30. The molecule has 0 saturated carbocycles. The lowest BCUT2D eigenvalue weighted by Crippen LogP contribution is -2.43. The quantitative estimate of drug-likeness (QED) is 0.425. The number of carbonyl (C=O) groups is 3. The summed E-state index contributed by atoms with van der Waals surface area (Å²) in [4.78, 5) is 35.4. The topological polar surface area (TPSA) is 147 Å². The van der Waals surface area contributed by atoms with E-state index in [0.717, 1.165) is 5.56 Å². The molecule has 8 nitrogen and oxygen atoms in total. The van der Waals surface area contributed by atoms with Gasteiger partial charge in [-0.2, -0.15) is 0 Å². The van der Waals surface area contributed by atoms with Gasteiger partial charge in [-0.15, -0.1) is 0 Å². The number of benzene rings is 1. The van der Waals surface area contributed by atoms with Crippen LogP contribution >= 0.6 is 0 Å². The summed E-state index contributed by atoms with van der Waals surface area (Å²) in [6.45, 7) is 0.512. The molecule has 0 heterocycles. The molecule has 1 unspecified atom stereocenters. The first kappa shape index (κ1) is 20.8. The van der Waals surface area contributed by atoms with Gasteiger partial charge in [0.25, 0.3) is 0 Å². The molecular formula is C17H23NO7. The zero-order valence-corrected chi connectivity index (χ0v) is 13.9. The predicted octanol–water partition coefficient (Wildman–Crippen LogP) is -0.149. The lowest BCUT2D eigenvalue weighted by atomic mass is 9.78. The van der Waals surface area contributed by atoms with Crippen LogP contribution in [0.2, 0.25) is 0 Å². The Hall–Kier alpha value is -2.29. The molecule has 3 atom stereocenters. The van der Waals surface area contributed by atoms with Crippen LogP contribution in [0.3, 0.4) is 0 Å². The number of carboxylic acids is 1. The average Bonchev–Trinajstić information content (AvgIpc) is 2.59. The second-order valence-corrected chi connectivity index (χ2v) is 6.11. The second kappa shape index (κ2) is 9.26. The van der Waals surface area contributed by atoms with E-state index < -0.39 is 48.3 Å². The summed E-state index contributed by atoms with van der Waals surface area (Å²) in [6, 6.07) is 7.44. The van der Waals surface area contributed by atoms with E-state index >= 15 is 0 Å². The van der Waals surface area contributed by atoms with Crippen LogP contribution in [0.15, 0.2) is 30.3 Å². The molecule has 0 amide bonds. The fraction of sp³-hybridized carbons (Fsp3) is 0.471. The van der Waals surface area contributed by atoms with Crippen LogP contribution in [-0.2, 0) is 25.7 Å². The highest BCUT2D eigenvalue weighted by atomic mass is 16.5. The Labute approximate surface area is 145 Å². The molecule has 5 N–H and O–H groups in total. The molecule has 8 heteroatoms. The highest BCUT2D eigenvalue weighted by Crippen LogP contribution is 2.30. The van der Waals surface area contributed by atoms with Crippen LogP contribution in [-0.4, -0.2) is 51.8 Å². The van der Waals surface area contributed by atoms with E-state index in [4.69, 9.17) is 20.7 Å². The first-order chi connectivity index (χ1) is 11.7. The van der Waals surface area contributed by atoms with Crippen LogP contribution in [0.4, 0.5) is 0 Å². The van der Waals surface area contributed by atoms with Gasteiger partial charge in [0, 0.05) is 6.42 Å². The van der Waals surface area contributed by atoms with Crippen molar-refractivity contribution >= 4 is 17.7 Å². The minimum absolute atomic E-state index is 0.0473. The van der Waals surface area contributed by atoms with Gasteiger partial charge in [0.05, 0.1) is 12.0 Å². The predicted molar refractivity (Wildman–Crippen MR) is 87.3 cm³/mol. The molecule has 0 bridgehead atoms. The van der Waals surface area contributed by atoms with Crippen LogP contribution in [0.5, 0.6) is 0 Å². The molecule has 0 radical (unpaired) electrons. The van der Waals surface area contributed by atoms with E-state index in [9.17, 15) is 19.5 Å². The molecule has 0 aliphatic carbocycles. The van der Waals surface area contributed by atoms with Gasteiger partial charge in [-0.05, 0) is 18.9 Å². The van der Waals surface area contributed by atoms with Crippen molar-refractivity contribution in [2.24, 2.45) is 11.1 Å². The third kappa shape index (κ3) is 6.26. The van der Waals surface area contributed by atoms with E-state index in [0.29, 0.717) is 0 Å². The van der Waals surface area contributed by atoms with Gasteiger partial charge in [-0.25, -0.2) is 0 Å². The van der Waals surface area contributed by atoms with E-state index in [1.165, 1.54) is 6.92 Å². The maximum Gasteiger partial charge on any atom is 0.320 e. The zero-order valence-electron chi connectivity index (χ0n) is 13.9. The molecule has 0 fully saturated rings. The maximum atomic E-state index is 12.5. The summed E-state index contributed by atoms with van der Waals surface area (Å²) in [6.07, 6.45) is -2.49. The highest BCUT2D eigenvalue weighted by Gasteiger charge is 2.41. The smallest absolute Gasteiger partial charge is 0.320 e. The standard InChI is InChI=1S/C17H23NO7/c1-17(7-12(18)15(22)23,8-13(20)14(21)9-19)16(24)25-10-11-5-3-2-4-6-11/h2-6,12,14,19,21H,7-10,18H2,1H3,(H,22,23)/t12-,14?,17-/m0/s1. The SMILES string of the molecule is C[C@@](CC(=O)C(O)CO)(C[C@H](N)C(=O)O)C(=O)OCc1ccccc1. The Morgan fingerprint density at radius 3 is 2.36 bits per heavy atom. The van der Waals surface area contributed by atoms with Crippen molar-refractivity contribution in [1.82, 2.24) is 0 Å². The van der Waals surface area contributed by atoms with Crippen LogP contribution < -0.4 is 5.73 Å². The molecule has 0 saturated heterocycles. The molecule has 0 aliphatic heterocycles. The highest BCUT2D eigenvalue weighted by molar-refractivity contribution is 5.90. The number of hydrogen-bond acceptors (Lipinski definition) is 7. The van der Waals surface area contributed by atoms with Crippen molar-refractivity contribution in [1.29, 1.82) is 0 Å². The van der Waals surface area contributed by atoms with E-state index in [2.05, 4.69) is 0 Å². The van der Waals surface area contributed by atoms with Crippen molar-refractivity contribution in [2.75, 3.05) is 6.61 Å². The number of carboxylic acid groups (broad SMARTS) is 1. The molecular weight excluding hydrogens is 330 g/mol. The molecule has 1 rings (SSSR count). The van der Waals surface area contributed by atoms with E-state index in [1.54, 1.807) is 30.3 Å². The molecule has 0 aliphatic rings. The zero-order chi connectivity index (χ0) is 19.0. The van der Waals surface area contributed by atoms with Gasteiger partial charge in [-0.3, -0.25) is 14.4 Å². The van der Waals surface area contributed by atoms with Gasteiger partial charge < -0.3 is 25.8 Å². The molecule has 0 aromatic heterocycles. The second-order valence-electron chi connectivity index (χ2n) is 6.11. The number of hydrogen-bond donors (Lipinski definition) is 4. The van der Waals surface area contributed by atoms with Crippen molar-refractivity contribution in [2.45, 2.75) is 38.5 Å². The number of esters is 1. The van der Waals surface area contributed by atoms with Gasteiger partial charge in [0.1, 0.15) is 18.8 Å². The molecule has 138 valence electrons. The van der Waals surface area contributed by atoms with Crippen LogP contribution in [0.25, 0.3) is 0 Å². The van der Waals surface area contributed by atoms with Crippen molar-refractivity contribution < 1.29 is 34.4 Å². The first-order valence-corrected chi connectivity index (χ1v) is 7.71. The van der Waals surface area contributed by atoms with Crippen molar-refractivity contribution in [3.05, 3.63) is 35.9 Å². The Balaban J connectivity index is 2.89. The Bertz CT molecular complexity index is 604. The summed E-state index contributed by atoms with van der Waals surface area (Å²) in [5, 5.41) is 27.3. The molecule has 1 aromatic carbocycles. The fourth-order valence-electron chi connectivity index (χ4n) is 2.30. The summed E-state index contributed by atoms with van der Waals surface area (Å²) >= 11 is 0. The normalized spacial score (nSPS) is 15.7. The number of aliphatic hydroxyl groups excluding tert-OH is 2. The van der Waals surface area contributed by atoms with E-state index in [-0.39, 0.29) is 13.0 Å². The Morgan fingerprint density at radius 2 is 1.84 bits per heavy atom. The van der Waals surface area contributed by atoms with Gasteiger partial charge in [-0.1, -0.05) is 30.3 Å². The lowest BCUT2D eigenvalue weighted by molar-refractivity contribution is -0.161. The summed E-state index contributed by atoms with van der Waals surface area (Å²) in [7, 11) is 0. The van der Waals surface area contributed by atoms with Gasteiger partial charge >= 0.3 is 11.9 Å². The lowest BCUT2D eigenvalue weighted by Gasteiger charge is -2.29. The molecule has 0 spiro atoms. The van der Waals surface area contributed by atoms with Gasteiger partial charge in [0.2, 0.25) is 0 Å². The van der Waals surface area contributed by atoms with Crippen LogP contribution in [0.1, 0.15) is 25.3 Å². The number of nitrogens with two attached hydrogens (primary N) is 1. The minimum atomic E-state index is -1.65. The van der Waals surface area contributed by atoms with E-state index in [1.807, 2.05) is 0 Å². The molecule has 25 heavy (non-hydrogen) atoms. The monoisotopic (exact) mass is 353 g/mol. The number of aliphatic hydroxyl groups is 2.